The van der Waals surface area contributed by atoms with Crippen molar-refractivity contribution in [3.05, 3.63) is 25.3 Å². The van der Waals surface area contributed by atoms with Gasteiger partial charge in [-0.15, -0.1) is 13.2 Å². The predicted molar refractivity (Wildman–Crippen MR) is 130 cm³/mol. The van der Waals surface area contributed by atoms with Crippen LogP contribution in [0.15, 0.2) is 25.3 Å². The molecule has 0 aliphatic heterocycles. The Labute approximate surface area is 196 Å². The SMILES string of the molecule is C=CCCCOC(CCC(CF)OCC1CCCC(C2CCC(C=C)CC2)CC1)C(C)F. The summed E-state index contributed by atoms with van der Waals surface area (Å²) < 4.78 is 39.2. The molecule has 186 valence electrons. The van der Waals surface area contributed by atoms with Gasteiger partial charge in [-0.3, -0.25) is 0 Å². The molecule has 2 nitrogen and oxygen atoms in total. The molecule has 0 heterocycles. The smallest absolute Gasteiger partial charge is 0.123 e. The van der Waals surface area contributed by atoms with Gasteiger partial charge in [-0.1, -0.05) is 25.0 Å². The normalized spacial score (nSPS) is 29.6. The van der Waals surface area contributed by atoms with Crippen LogP contribution >= 0.6 is 0 Å². The molecule has 0 aromatic heterocycles. The number of hydrogen-bond acceptors (Lipinski definition) is 2. The van der Waals surface area contributed by atoms with E-state index in [9.17, 15) is 8.78 Å². The molecule has 32 heavy (non-hydrogen) atoms. The summed E-state index contributed by atoms with van der Waals surface area (Å²) in [6, 6.07) is 0. The summed E-state index contributed by atoms with van der Waals surface area (Å²) >= 11 is 0. The molecule has 4 heteroatoms. The molecule has 5 atom stereocenters. The summed E-state index contributed by atoms with van der Waals surface area (Å²) in [5, 5.41) is 0. The number of alkyl halides is 2. The van der Waals surface area contributed by atoms with Crippen molar-refractivity contribution in [3.8, 4) is 0 Å². The summed E-state index contributed by atoms with van der Waals surface area (Å²) in [7, 11) is 0. The molecule has 2 aliphatic carbocycles. The highest BCUT2D eigenvalue weighted by atomic mass is 19.1. The van der Waals surface area contributed by atoms with Gasteiger partial charge in [-0.05, 0) is 101 Å². The molecular weight excluding hydrogens is 406 g/mol. The number of unbranched alkanes of at least 4 members (excludes halogenated alkanes) is 1. The minimum absolute atomic E-state index is 0.443. The van der Waals surface area contributed by atoms with Crippen molar-refractivity contribution in [2.24, 2.45) is 23.7 Å². The molecule has 5 unspecified atom stereocenters. The minimum atomic E-state index is -1.06. The molecule has 0 radical (unpaired) electrons. The van der Waals surface area contributed by atoms with Crippen LogP contribution in [0.5, 0.6) is 0 Å². The van der Waals surface area contributed by atoms with Crippen LogP contribution in [0.2, 0.25) is 0 Å². The average Bonchev–Trinajstić information content (AvgIpc) is 3.06. The fourth-order valence-corrected chi connectivity index (χ4v) is 5.63. The lowest BCUT2D eigenvalue weighted by atomic mass is 9.73. The van der Waals surface area contributed by atoms with Crippen LogP contribution in [-0.4, -0.2) is 38.3 Å². The summed E-state index contributed by atoms with van der Waals surface area (Å²) in [5.41, 5.74) is 0. The highest BCUT2D eigenvalue weighted by Gasteiger charge is 2.29. The van der Waals surface area contributed by atoms with Crippen molar-refractivity contribution in [1.82, 2.24) is 0 Å². The lowest BCUT2D eigenvalue weighted by Gasteiger charge is -2.32. The van der Waals surface area contributed by atoms with E-state index in [1.54, 1.807) is 0 Å². The third-order valence-corrected chi connectivity index (χ3v) is 7.86. The van der Waals surface area contributed by atoms with E-state index in [4.69, 9.17) is 9.47 Å². The zero-order valence-corrected chi connectivity index (χ0v) is 20.5. The van der Waals surface area contributed by atoms with Gasteiger partial charge in [0.25, 0.3) is 0 Å². The van der Waals surface area contributed by atoms with Gasteiger partial charge in [0.1, 0.15) is 12.8 Å². The van der Waals surface area contributed by atoms with E-state index in [1.165, 1.54) is 64.7 Å². The van der Waals surface area contributed by atoms with Crippen molar-refractivity contribution in [3.63, 3.8) is 0 Å². The second kappa shape index (κ2) is 16.0. The third kappa shape index (κ3) is 10.0. The van der Waals surface area contributed by atoms with Crippen LogP contribution < -0.4 is 0 Å². The zero-order valence-electron chi connectivity index (χ0n) is 20.5. The van der Waals surface area contributed by atoms with Crippen LogP contribution in [0.3, 0.4) is 0 Å². The summed E-state index contributed by atoms with van der Waals surface area (Å²) in [6.07, 6.45) is 16.3. The van der Waals surface area contributed by atoms with Gasteiger partial charge in [0, 0.05) is 13.2 Å². The van der Waals surface area contributed by atoms with Crippen molar-refractivity contribution in [2.75, 3.05) is 19.9 Å². The average molecular weight is 455 g/mol. The molecule has 0 N–H and O–H groups in total. The van der Waals surface area contributed by atoms with E-state index in [0.29, 0.717) is 32.0 Å². The van der Waals surface area contributed by atoms with Crippen LogP contribution in [0, 0.1) is 23.7 Å². The third-order valence-electron chi connectivity index (χ3n) is 7.86. The van der Waals surface area contributed by atoms with E-state index in [0.717, 1.165) is 30.6 Å². The van der Waals surface area contributed by atoms with Crippen molar-refractivity contribution >= 4 is 0 Å². The lowest BCUT2D eigenvalue weighted by molar-refractivity contribution is -0.0301. The molecule has 0 aromatic carbocycles. The first-order chi connectivity index (χ1) is 15.6. The van der Waals surface area contributed by atoms with Gasteiger partial charge in [0.05, 0.1) is 12.2 Å². The Morgan fingerprint density at radius 2 is 1.66 bits per heavy atom. The second-order valence-corrected chi connectivity index (χ2v) is 10.2. The fourth-order valence-electron chi connectivity index (χ4n) is 5.63. The Hall–Kier alpha value is -0.740. The molecule has 0 spiro atoms. The highest BCUT2D eigenvalue weighted by Crippen LogP contribution is 2.40. The molecule has 2 fully saturated rings. The standard InChI is InChI=1S/C28H48F2O2/c1-4-6-7-19-31-28(22(3)30)18-17-27(20-29)32-21-24-9-8-10-25(16-13-24)26-14-11-23(5-2)12-15-26/h4-5,22-28H,1-2,6-21H2,3H3. The maximum atomic E-state index is 13.9. The Morgan fingerprint density at radius 1 is 0.938 bits per heavy atom. The number of halogens is 2. The van der Waals surface area contributed by atoms with Crippen molar-refractivity contribution in [1.29, 1.82) is 0 Å². The van der Waals surface area contributed by atoms with Crippen LogP contribution in [-0.2, 0) is 9.47 Å². The summed E-state index contributed by atoms with van der Waals surface area (Å²) in [6.45, 7) is 9.83. The van der Waals surface area contributed by atoms with E-state index in [-0.39, 0.29) is 0 Å². The Kier molecular flexibility index (Phi) is 13.7. The van der Waals surface area contributed by atoms with Crippen molar-refractivity contribution in [2.45, 2.75) is 109 Å². The van der Waals surface area contributed by atoms with Gasteiger partial charge in [-0.25, -0.2) is 8.78 Å². The van der Waals surface area contributed by atoms with E-state index in [2.05, 4.69) is 19.2 Å². The van der Waals surface area contributed by atoms with Gasteiger partial charge in [-0.2, -0.15) is 0 Å². The fraction of sp³-hybridized carbons (Fsp3) is 0.857. The maximum Gasteiger partial charge on any atom is 0.123 e. The first kappa shape index (κ1) is 27.5. The van der Waals surface area contributed by atoms with Gasteiger partial charge in [0.15, 0.2) is 0 Å². The molecule has 0 amide bonds. The zero-order chi connectivity index (χ0) is 23.2. The van der Waals surface area contributed by atoms with Gasteiger partial charge < -0.3 is 9.47 Å². The summed E-state index contributed by atoms with van der Waals surface area (Å²) in [4.78, 5) is 0. The van der Waals surface area contributed by atoms with E-state index < -0.39 is 25.1 Å². The van der Waals surface area contributed by atoms with E-state index >= 15 is 0 Å². The van der Waals surface area contributed by atoms with E-state index in [1.807, 2.05) is 6.08 Å². The number of ether oxygens (including phenoxy) is 2. The van der Waals surface area contributed by atoms with Gasteiger partial charge >= 0.3 is 0 Å². The number of rotatable bonds is 15. The lowest BCUT2D eigenvalue weighted by Crippen LogP contribution is -2.27. The Balaban J connectivity index is 1.68. The van der Waals surface area contributed by atoms with Crippen LogP contribution in [0.25, 0.3) is 0 Å². The molecule has 0 saturated heterocycles. The predicted octanol–water partition coefficient (Wildman–Crippen LogP) is 8.02. The largest absolute Gasteiger partial charge is 0.375 e. The Bertz CT molecular complexity index is 502. The summed E-state index contributed by atoms with van der Waals surface area (Å²) in [5.74, 6) is 3.00. The van der Waals surface area contributed by atoms with Crippen molar-refractivity contribution < 1.29 is 18.3 Å². The quantitative estimate of drug-likeness (QED) is 0.142. The van der Waals surface area contributed by atoms with Crippen LogP contribution in [0.1, 0.15) is 90.4 Å². The van der Waals surface area contributed by atoms with Crippen LogP contribution in [0.4, 0.5) is 8.78 Å². The number of allylic oxidation sites excluding steroid dienone is 2. The molecule has 0 aromatic rings. The molecule has 2 rings (SSSR count). The second-order valence-electron chi connectivity index (χ2n) is 10.2. The number of hydrogen-bond donors (Lipinski definition) is 0. The highest BCUT2D eigenvalue weighted by molar-refractivity contribution is 4.87. The first-order valence-corrected chi connectivity index (χ1v) is 13.2. The minimum Gasteiger partial charge on any atom is -0.375 e. The van der Waals surface area contributed by atoms with Gasteiger partial charge in [0.2, 0.25) is 0 Å². The first-order valence-electron chi connectivity index (χ1n) is 13.2. The monoisotopic (exact) mass is 454 g/mol. The molecule has 2 aliphatic rings. The molecular formula is C28H48F2O2. The molecule has 2 saturated carbocycles. The Morgan fingerprint density at radius 3 is 2.31 bits per heavy atom. The topological polar surface area (TPSA) is 18.5 Å². The maximum absolute atomic E-state index is 13.9. The molecule has 0 bridgehead atoms.